The molecule has 1 fully saturated rings. The van der Waals surface area contributed by atoms with Gasteiger partial charge in [-0.05, 0) is 7.05 Å². The van der Waals surface area contributed by atoms with Crippen LogP contribution < -0.4 is 16.7 Å². The molecule has 1 aliphatic heterocycles. The average molecular weight is 293 g/mol. The largest absolute Gasteiger partial charge is 0.321 e. The fraction of sp³-hybridized carbons (Fsp3) is 0.615. The molecule has 2 rings (SSSR count). The number of likely N-dealkylation sites (N-methyl/N-ethyl adjacent to an activating group) is 1. The molecule has 1 saturated heterocycles. The smallest absolute Gasteiger partial charge is 0.286 e. The Labute approximate surface area is 124 Å². The van der Waals surface area contributed by atoms with Crippen molar-refractivity contribution in [2.45, 2.75) is 19.8 Å². The number of anilines is 1. The SMILES string of the molecule is CC(C)c1ncc(NN)c(C(=O)NN2CCN(C)CC2)n1. The van der Waals surface area contributed by atoms with E-state index in [4.69, 9.17) is 5.84 Å². The summed E-state index contributed by atoms with van der Waals surface area (Å²) in [5.74, 6) is 5.94. The molecule has 1 aliphatic rings. The third kappa shape index (κ3) is 3.87. The molecule has 0 aromatic carbocycles. The van der Waals surface area contributed by atoms with Gasteiger partial charge in [-0.25, -0.2) is 15.0 Å². The van der Waals surface area contributed by atoms with Gasteiger partial charge in [0.25, 0.3) is 5.91 Å². The Morgan fingerprint density at radius 2 is 2.00 bits per heavy atom. The monoisotopic (exact) mass is 293 g/mol. The Bertz CT molecular complexity index is 497. The van der Waals surface area contributed by atoms with E-state index in [1.807, 2.05) is 18.9 Å². The predicted molar refractivity (Wildman–Crippen MR) is 80.5 cm³/mol. The lowest BCUT2D eigenvalue weighted by molar-refractivity contribution is 0.0658. The summed E-state index contributed by atoms with van der Waals surface area (Å²) in [5, 5.41) is 1.90. The van der Waals surface area contributed by atoms with Crippen LogP contribution in [-0.4, -0.2) is 59.0 Å². The molecular formula is C13H23N7O. The number of hydrogen-bond acceptors (Lipinski definition) is 7. The van der Waals surface area contributed by atoms with Crippen molar-refractivity contribution in [3.05, 3.63) is 17.7 Å². The summed E-state index contributed by atoms with van der Waals surface area (Å²) in [6, 6.07) is 0. The van der Waals surface area contributed by atoms with Gasteiger partial charge in [0.1, 0.15) is 5.82 Å². The van der Waals surface area contributed by atoms with E-state index in [0.29, 0.717) is 11.5 Å². The zero-order chi connectivity index (χ0) is 15.4. The summed E-state index contributed by atoms with van der Waals surface area (Å²) in [7, 11) is 2.06. The maximum Gasteiger partial charge on any atom is 0.286 e. The van der Waals surface area contributed by atoms with Crippen LogP contribution in [-0.2, 0) is 0 Å². The van der Waals surface area contributed by atoms with E-state index in [-0.39, 0.29) is 17.5 Å². The average Bonchev–Trinajstić information content (AvgIpc) is 2.48. The number of aromatic nitrogens is 2. The van der Waals surface area contributed by atoms with Crippen molar-refractivity contribution in [2.24, 2.45) is 5.84 Å². The van der Waals surface area contributed by atoms with Crippen molar-refractivity contribution in [3.63, 3.8) is 0 Å². The minimum atomic E-state index is -0.267. The molecular weight excluding hydrogens is 270 g/mol. The fourth-order valence-corrected chi connectivity index (χ4v) is 2.07. The zero-order valence-electron chi connectivity index (χ0n) is 12.8. The molecule has 21 heavy (non-hydrogen) atoms. The van der Waals surface area contributed by atoms with Gasteiger partial charge in [0.15, 0.2) is 5.69 Å². The second-order valence-electron chi connectivity index (χ2n) is 5.52. The standard InChI is InChI=1S/C13H23N7O/c1-9(2)12-15-8-10(17-14)11(16-12)13(21)18-20-6-4-19(3)5-7-20/h8-9,17H,4-7,14H2,1-3H3,(H,18,21). The number of carbonyl (C=O) groups excluding carboxylic acids is 1. The number of nitrogens with zero attached hydrogens (tertiary/aromatic N) is 4. The second kappa shape index (κ2) is 6.79. The molecule has 0 bridgehead atoms. The van der Waals surface area contributed by atoms with Crippen LogP contribution >= 0.6 is 0 Å². The van der Waals surface area contributed by atoms with Crippen molar-refractivity contribution >= 4 is 11.6 Å². The van der Waals surface area contributed by atoms with Crippen LogP contribution in [0.1, 0.15) is 36.1 Å². The molecule has 1 amide bonds. The normalized spacial score (nSPS) is 17.0. The summed E-state index contributed by atoms with van der Waals surface area (Å²) in [4.78, 5) is 23.1. The molecule has 8 heteroatoms. The van der Waals surface area contributed by atoms with E-state index in [2.05, 4.69) is 32.8 Å². The number of piperazine rings is 1. The highest BCUT2D eigenvalue weighted by molar-refractivity contribution is 5.97. The van der Waals surface area contributed by atoms with Crippen molar-refractivity contribution < 1.29 is 4.79 Å². The van der Waals surface area contributed by atoms with Gasteiger partial charge >= 0.3 is 0 Å². The quantitative estimate of drug-likeness (QED) is 0.521. The van der Waals surface area contributed by atoms with E-state index >= 15 is 0 Å². The van der Waals surface area contributed by atoms with Gasteiger partial charge in [0.2, 0.25) is 0 Å². The molecule has 116 valence electrons. The van der Waals surface area contributed by atoms with Gasteiger partial charge in [-0.15, -0.1) is 0 Å². The third-order valence-electron chi connectivity index (χ3n) is 3.46. The first-order valence-electron chi connectivity index (χ1n) is 7.09. The summed E-state index contributed by atoms with van der Waals surface area (Å²) >= 11 is 0. The molecule has 0 radical (unpaired) electrons. The maximum atomic E-state index is 12.4. The number of nitrogen functional groups attached to an aromatic ring is 1. The van der Waals surface area contributed by atoms with E-state index in [9.17, 15) is 4.79 Å². The molecule has 0 atom stereocenters. The Hall–Kier alpha value is -1.77. The second-order valence-corrected chi connectivity index (χ2v) is 5.52. The first-order valence-corrected chi connectivity index (χ1v) is 7.09. The summed E-state index contributed by atoms with van der Waals surface area (Å²) in [5.41, 5.74) is 6.05. The summed E-state index contributed by atoms with van der Waals surface area (Å²) in [6.45, 7) is 7.37. The van der Waals surface area contributed by atoms with Crippen molar-refractivity contribution in [3.8, 4) is 0 Å². The number of rotatable bonds is 4. The Balaban J connectivity index is 2.12. The highest BCUT2D eigenvalue weighted by atomic mass is 16.2. The lowest BCUT2D eigenvalue weighted by Gasteiger charge is -2.32. The first kappa shape index (κ1) is 15.6. The Morgan fingerprint density at radius 3 is 2.57 bits per heavy atom. The van der Waals surface area contributed by atoms with Crippen LogP contribution in [0.15, 0.2) is 6.20 Å². The van der Waals surface area contributed by atoms with Gasteiger partial charge in [-0.2, -0.15) is 0 Å². The highest BCUT2D eigenvalue weighted by Gasteiger charge is 2.20. The van der Waals surface area contributed by atoms with Crippen LogP contribution in [0.5, 0.6) is 0 Å². The van der Waals surface area contributed by atoms with Gasteiger partial charge < -0.3 is 10.3 Å². The molecule has 0 unspecified atom stereocenters. The Kier molecular flexibility index (Phi) is 5.05. The molecule has 4 N–H and O–H groups in total. The van der Waals surface area contributed by atoms with Crippen molar-refractivity contribution in [1.82, 2.24) is 25.3 Å². The zero-order valence-corrected chi connectivity index (χ0v) is 12.8. The van der Waals surface area contributed by atoms with Crippen LogP contribution in [0.3, 0.4) is 0 Å². The predicted octanol–water partition coefficient (Wildman–Crippen LogP) is -0.222. The molecule has 2 heterocycles. The molecule has 8 nitrogen and oxygen atoms in total. The van der Waals surface area contributed by atoms with Gasteiger partial charge in [0, 0.05) is 32.1 Å². The van der Waals surface area contributed by atoms with Gasteiger partial charge in [0.05, 0.1) is 11.9 Å². The van der Waals surface area contributed by atoms with Crippen molar-refractivity contribution in [2.75, 3.05) is 38.7 Å². The molecule has 1 aromatic rings. The Morgan fingerprint density at radius 1 is 1.33 bits per heavy atom. The lowest BCUT2D eigenvalue weighted by Crippen LogP contribution is -2.52. The minimum absolute atomic E-state index is 0.145. The number of carbonyl (C=O) groups is 1. The molecule has 1 aromatic heterocycles. The first-order chi connectivity index (χ1) is 10.0. The highest BCUT2D eigenvalue weighted by Crippen LogP contribution is 2.15. The van der Waals surface area contributed by atoms with E-state index < -0.39 is 0 Å². The number of hydrazine groups is 2. The van der Waals surface area contributed by atoms with Crippen LogP contribution in [0.4, 0.5) is 5.69 Å². The van der Waals surface area contributed by atoms with Crippen molar-refractivity contribution in [1.29, 1.82) is 0 Å². The van der Waals surface area contributed by atoms with E-state index in [0.717, 1.165) is 26.2 Å². The number of nitrogens with one attached hydrogen (secondary N) is 2. The summed E-state index contributed by atoms with van der Waals surface area (Å²) < 4.78 is 0. The summed E-state index contributed by atoms with van der Waals surface area (Å²) in [6.07, 6.45) is 1.54. The number of amides is 1. The van der Waals surface area contributed by atoms with Crippen LogP contribution in [0, 0.1) is 0 Å². The number of hydrogen-bond donors (Lipinski definition) is 3. The van der Waals surface area contributed by atoms with Gasteiger partial charge in [-0.1, -0.05) is 13.8 Å². The topological polar surface area (TPSA) is 99.4 Å². The molecule has 0 aliphatic carbocycles. The van der Waals surface area contributed by atoms with Crippen LogP contribution in [0.25, 0.3) is 0 Å². The fourth-order valence-electron chi connectivity index (χ4n) is 2.07. The van der Waals surface area contributed by atoms with Crippen LogP contribution in [0.2, 0.25) is 0 Å². The number of nitrogens with two attached hydrogens (primary N) is 1. The van der Waals surface area contributed by atoms with Gasteiger partial charge in [-0.3, -0.25) is 16.1 Å². The third-order valence-corrected chi connectivity index (χ3v) is 3.46. The molecule has 0 saturated carbocycles. The lowest BCUT2D eigenvalue weighted by atomic mass is 10.2. The minimum Gasteiger partial charge on any atom is -0.321 e. The molecule has 0 spiro atoms. The van der Waals surface area contributed by atoms with E-state index in [1.54, 1.807) is 6.20 Å². The maximum absolute atomic E-state index is 12.4. The van der Waals surface area contributed by atoms with E-state index in [1.165, 1.54) is 0 Å².